The van der Waals surface area contributed by atoms with Gasteiger partial charge >= 0.3 is 0 Å². The van der Waals surface area contributed by atoms with Crippen LogP contribution in [0.2, 0.25) is 0 Å². The molecule has 2 rings (SSSR count). The van der Waals surface area contributed by atoms with E-state index in [0.717, 1.165) is 17.8 Å². The number of aryl methyl sites for hydroxylation is 1. The lowest BCUT2D eigenvalue weighted by Crippen LogP contribution is -2.31. The monoisotopic (exact) mass is 323 g/mol. The highest BCUT2D eigenvalue weighted by Crippen LogP contribution is 2.41. The second-order valence-electron chi connectivity index (χ2n) is 6.47. The summed E-state index contributed by atoms with van der Waals surface area (Å²) in [7, 11) is 2.10. The maximum atomic E-state index is 3.75. The maximum Gasteiger partial charge on any atom is 0.0357 e. The lowest BCUT2D eigenvalue weighted by Gasteiger charge is -2.37. The zero-order valence-corrected chi connectivity index (χ0v) is 14.1. The van der Waals surface area contributed by atoms with E-state index in [1.54, 1.807) is 0 Å². The van der Waals surface area contributed by atoms with Gasteiger partial charge in [-0.05, 0) is 68.2 Å². The molecule has 2 heteroatoms. The highest BCUT2D eigenvalue weighted by molar-refractivity contribution is 9.10. The quantitative estimate of drug-likeness (QED) is 0.816. The molecule has 3 unspecified atom stereocenters. The number of hydrogen-bond donors (Lipinski definition) is 1. The van der Waals surface area contributed by atoms with E-state index in [1.807, 2.05) is 0 Å². The van der Waals surface area contributed by atoms with Crippen molar-refractivity contribution in [3.63, 3.8) is 0 Å². The third-order valence-corrected chi connectivity index (χ3v) is 5.18. The van der Waals surface area contributed by atoms with E-state index in [4.69, 9.17) is 0 Å². The smallest absolute Gasteiger partial charge is 0.0357 e. The number of halogens is 1. The highest BCUT2D eigenvalue weighted by Gasteiger charge is 2.30. The van der Waals surface area contributed by atoms with Crippen LogP contribution < -0.4 is 5.32 Å². The summed E-state index contributed by atoms with van der Waals surface area (Å²) in [4.78, 5) is 0. The Morgan fingerprint density at radius 2 is 1.79 bits per heavy atom. The van der Waals surface area contributed by atoms with Crippen LogP contribution in [0.4, 0.5) is 0 Å². The van der Waals surface area contributed by atoms with Crippen molar-refractivity contribution in [2.75, 3.05) is 7.05 Å². The van der Waals surface area contributed by atoms with E-state index in [-0.39, 0.29) is 0 Å². The molecule has 0 heterocycles. The predicted octanol–water partition coefficient (Wildman–Crippen LogP) is 5.09. The lowest BCUT2D eigenvalue weighted by molar-refractivity contribution is 0.180. The number of rotatable bonds is 3. The molecule has 3 atom stereocenters. The zero-order valence-electron chi connectivity index (χ0n) is 12.5. The molecule has 0 bridgehead atoms. The Labute approximate surface area is 126 Å². The molecule has 1 N–H and O–H groups in total. The van der Waals surface area contributed by atoms with Crippen molar-refractivity contribution in [3.05, 3.63) is 33.8 Å². The average Bonchev–Trinajstić information content (AvgIpc) is 2.31. The number of benzene rings is 1. The summed E-state index contributed by atoms with van der Waals surface area (Å²) in [5, 5.41) is 3.56. The van der Waals surface area contributed by atoms with E-state index in [9.17, 15) is 0 Å². The average molecular weight is 324 g/mol. The van der Waals surface area contributed by atoms with Gasteiger partial charge in [0.1, 0.15) is 0 Å². The Kier molecular flexibility index (Phi) is 5.08. The van der Waals surface area contributed by atoms with Crippen molar-refractivity contribution in [2.24, 2.45) is 17.8 Å². The molecule has 106 valence electrons. The molecule has 1 aromatic carbocycles. The van der Waals surface area contributed by atoms with Gasteiger partial charge in [0, 0.05) is 10.5 Å². The van der Waals surface area contributed by atoms with Gasteiger partial charge in [0.25, 0.3) is 0 Å². The molecule has 1 nitrogen and oxygen atoms in total. The van der Waals surface area contributed by atoms with E-state index in [1.165, 1.54) is 34.9 Å². The molecule has 1 fully saturated rings. The molecule has 0 amide bonds. The molecular formula is C17H26BrN. The first-order valence-electron chi connectivity index (χ1n) is 7.44. The van der Waals surface area contributed by atoms with E-state index in [2.05, 4.69) is 67.3 Å². The van der Waals surface area contributed by atoms with Crippen LogP contribution in [-0.2, 0) is 0 Å². The summed E-state index contributed by atoms with van der Waals surface area (Å²) in [5.41, 5.74) is 2.73. The number of nitrogens with one attached hydrogen (secondary N) is 1. The molecule has 0 saturated heterocycles. The van der Waals surface area contributed by atoms with Crippen LogP contribution in [-0.4, -0.2) is 7.05 Å². The van der Waals surface area contributed by atoms with Crippen LogP contribution in [0.15, 0.2) is 22.7 Å². The van der Waals surface area contributed by atoms with Crippen LogP contribution in [0.25, 0.3) is 0 Å². The third kappa shape index (κ3) is 3.61. The largest absolute Gasteiger partial charge is 0.313 e. The summed E-state index contributed by atoms with van der Waals surface area (Å²) < 4.78 is 1.25. The van der Waals surface area contributed by atoms with Gasteiger partial charge in [-0.25, -0.2) is 0 Å². The second kappa shape index (κ2) is 6.41. The standard InChI is InChI=1S/C17H26BrN/c1-11-5-6-15(16(18)10-11)17(19-4)14-8-12(2)7-13(3)9-14/h5-6,10,12-14,17,19H,7-9H2,1-4H3. The molecule has 19 heavy (non-hydrogen) atoms. The van der Waals surface area contributed by atoms with Gasteiger partial charge in [-0.2, -0.15) is 0 Å². The Balaban J connectivity index is 2.23. The van der Waals surface area contributed by atoms with Crippen LogP contribution >= 0.6 is 15.9 Å². The molecule has 1 aliphatic rings. The summed E-state index contributed by atoms with van der Waals surface area (Å²) in [6, 6.07) is 7.21. The van der Waals surface area contributed by atoms with Crippen LogP contribution in [0.3, 0.4) is 0 Å². The van der Waals surface area contributed by atoms with E-state index < -0.39 is 0 Å². The predicted molar refractivity (Wildman–Crippen MR) is 86.3 cm³/mol. The van der Waals surface area contributed by atoms with Crippen molar-refractivity contribution in [1.29, 1.82) is 0 Å². The zero-order chi connectivity index (χ0) is 14.0. The first-order valence-corrected chi connectivity index (χ1v) is 8.23. The van der Waals surface area contributed by atoms with Crippen LogP contribution in [0.5, 0.6) is 0 Å². The van der Waals surface area contributed by atoms with Gasteiger partial charge in [-0.3, -0.25) is 0 Å². The van der Waals surface area contributed by atoms with Crippen molar-refractivity contribution >= 4 is 15.9 Å². The topological polar surface area (TPSA) is 12.0 Å². The summed E-state index contributed by atoms with van der Waals surface area (Å²) in [6.45, 7) is 6.95. The maximum absolute atomic E-state index is 3.75. The van der Waals surface area contributed by atoms with Crippen LogP contribution in [0, 0.1) is 24.7 Å². The fourth-order valence-electron chi connectivity index (χ4n) is 3.81. The molecule has 0 spiro atoms. The van der Waals surface area contributed by atoms with Gasteiger partial charge < -0.3 is 5.32 Å². The van der Waals surface area contributed by atoms with Crippen LogP contribution in [0.1, 0.15) is 50.3 Å². The molecule has 0 aliphatic heterocycles. The van der Waals surface area contributed by atoms with Crippen molar-refractivity contribution in [1.82, 2.24) is 5.32 Å². The van der Waals surface area contributed by atoms with Crippen molar-refractivity contribution < 1.29 is 0 Å². The summed E-state index contributed by atoms with van der Waals surface area (Å²) in [5.74, 6) is 2.46. The van der Waals surface area contributed by atoms with Gasteiger partial charge in [0.15, 0.2) is 0 Å². The van der Waals surface area contributed by atoms with Gasteiger partial charge in [-0.15, -0.1) is 0 Å². The van der Waals surface area contributed by atoms with Gasteiger partial charge in [0.05, 0.1) is 0 Å². The highest BCUT2D eigenvalue weighted by atomic mass is 79.9. The molecule has 1 aliphatic carbocycles. The summed E-state index contributed by atoms with van der Waals surface area (Å²) >= 11 is 3.75. The van der Waals surface area contributed by atoms with E-state index >= 15 is 0 Å². The van der Waals surface area contributed by atoms with E-state index in [0.29, 0.717) is 6.04 Å². The molecule has 1 aromatic rings. The molecular weight excluding hydrogens is 298 g/mol. The summed E-state index contributed by atoms with van der Waals surface area (Å²) in [6.07, 6.45) is 4.08. The first kappa shape index (κ1) is 15.1. The first-order chi connectivity index (χ1) is 9.01. The molecule has 0 radical (unpaired) electrons. The van der Waals surface area contributed by atoms with Crippen molar-refractivity contribution in [2.45, 2.75) is 46.1 Å². The SMILES string of the molecule is CNC(c1ccc(C)cc1Br)C1CC(C)CC(C)C1. The number of hydrogen-bond acceptors (Lipinski definition) is 1. The Bertz CT molecular complexity index is 419. The fourth-order valence-corrected chi connectivity index (χ4v) is 4.55. The normalized spacial score (nSPS) is 29.2. The van der Waals surface area contributed by atoms with Crippen molar-refractivity contribution in [3.8, 4) is 0 Å². The fraction of sp³-hybridized carbons (Fsp3) is 0.647. The molecule has 0 aromatic heterocycles. The van der Waals surface area contributed by atoms with Gasteiger partial charge in [-0.1, -0.05) is 41.9 Å². The Morgan fingerprint density at radius 3 is 2.32 bits per heavy atom. The lowest BCUT2D eigenvalue weighted by atomic mass is 9.72. The third-order valence-electron chi connectivity index (χ3n) is 4.49. The Hall–Kier alpha value is -0.340. The van der Waals surface area contributed by atoms with Gasteiger partial charge in [0.2, 0.25) is 0 Å². The Morgan fingerprint density at radius 1 is 1.16 bits per heavy atom. The minimum absolute atomic E-state index is 0.472. The second-order valence-corrected chi connectivity index (χ2v) is 7.32. The minimum Gasteiger partial charge on any atom is -0.313 e. The molecule has 1 saturated carbocycles. The minimum atomic E-state index is 0.472.